The number of carboxylic acids is 1. The number of anilines is 1. The lowest BCUT2D eigenvalue weighted by Crippen LogP contribution is -2.26. The summed E-state index contributed by atoms with van der Waals surface area (Å²) in [6, 6.07) is 3.23. The number of halogens is 2. The van der Waals surface area contributed by atoms with Crippen molar-refractivity contribution in [3.8, 4) is 0 Å². The lowest BCUT2D eigenvalue weighted by molar-refractivity contribution is -0.117. The molecule has 1 unspecified atom stereocenters. The fourth-order valence-corrected chi connectivity index (χ4v) is 2.08. The highest BCUT2D eigenvalue weighted by atomic mass is 35.5. The van der Waals surface area contributed by atoms with Crippen molar-refractivity contribution in [3.63, 3.8) is 0 Å². The standard InChI is InChI=1S/C11H9ClFNO3/c12-6-3-10(15)14(5-6)9-4-7(13)1-2-8(9)11(16)17/h1-2,4,6H,3,5H2,(H,16,17). The predicted octanol–water partition coefficient (Wildman–Crippen LogP) is 1.87. The summed E-state index contributed by atoms with van der Waals surface area (Å²) in [5.41, 5.74) is -0.0452. The second-order valence-corrected chi connectivity index (χ2v) is 4.39. The SMILES string of the molecule is O=C(O)c1ccc(F)cc1N1CC(Cl)CC1=O. The fraction of sp³-hybridized carbons (Fsp3) is 0.273. The van der Waals surface area contributed by atoms with E-state index in [1.165, 1.54) is 4.90 Å². The minimum Gasteiger partial charge on any atom is -0.478 e. The molecule has 6 heteroatoms. The van der Waals surface area contributed by atoms with Gasteiger partial charge in [-0.05, 0) is 18.2 Å². The highest BCUT2D eigenvalue weighted by Crippen LogP contribution is 2.28. The highest BCUT2D eigenvalue weighted by Gasteiger charge is 2.31. The Morgan fingerprint density at radius 2 is 2.24 bits per heavy atom. The molecule has 0 bridgehead atoms. The van der Waals surface area contributed by atoms with Crippen LogP contribution in [-0.2, 0) is 4.79 Å². The van der Waals surface area contributed by atoms with Gasteiger partial charge in [0.2, 0.25) is 5.91 Å². The number of alkyl halides is 1. The van der Waals surface area contributed by atoms with E-state index < -0.39 is 11.8 Å². The van der Waals surface area contributed by atoms with Crippen LogP contribution in [0.5, 0.6) is 0 Å². The monoisotopic (exact) mass is 257 g/mol. The third kappa shape index (κ3) is 2.24. The molecule has 0 saturated carbocycles. The molecule has 0 aliphatic carbocycles. The summed E-state index contributed by atoms with van der Waals surface area (Å²) in [6.45, 7) is 0.199. The predicted molar refractivity (Wildman–Crippen MR) is 60.0 cm³/mol. The van der Waals surface area contributed by atoms with Crippen molar-refractivity contribution in [1.29, 1.82) is 0 Å². The highest BCUT2D eigenvalue weighted by molar-refractivity contribution is 6.24. The Morgan fingerprint density at radius 3 is 2.76 bits per heavy atom. The maximum absolute atomic E-state index is 13.1. The molecule has 1 fully saturated rings. The smallest absolute Gasteiger partial charge is 0.337 e. The van der Waals surface area contributed by atoms with Crippen LogP contribution in [0.15, 0.2) is 18.2 Å². The van der Waals surface area contributed by atoms with E-state index in [1.54, 1.807) is 0 Å². The first kappa shape index (κ1) is 11.9. The van der Waals surface area contributed by atoms with Crippen LogP contribution in [0.2, 0.25) is 0 Å². The van der Waals surface area contributed by atoms with Crippen molar-refractivity contribution in [2.45, 2.75) is 11.8 Å². The van der Waals surface area contributed by atoms with E-state index in [0.717, 1.165) is 18.2 Å². The van der Waals surface area contributed by atoms with Crippen LogP contribution in [0.4, 0.5) is 10.1 Å². The molecular weight excluding hydrogens is 249 g/mol. The molecule has 1 N–H and O–H groups in total. The van der Waals surface area contributed by atoms with Crippen molar-refractivity contribution < 1.29 is 19.1 Å². The van der Waals surface area contributed by atoms with E-state index in [1.807, 2.05) is 0 Å². The van der Waals surface area contributed by atoms with Gasteiger partial charge in [-0.1, -0.05) is 0 Å². The Morgan fingerprint density at radius 1 is 1.53 bits per heavy atom. The molecule has 1 aromatic carbocycles. The van der Waals surface area contributed by atoms with Gasteiger partial charge in [-0.25, -0.2) is 9.18 Å². The van der Waals surface area contributed by atoms with Crippen molar-refractivity contribution in [1.82, 2.24) is 0 Å². The van der Waals surface area contributed by atoms with Gasteiger partial charge in [-0.3, -0.25) is 4.79 Å². The summed E-state index contributed by atoms with van der Waals surface area (Å²) in [5.74, 6) is -2.08. The van der Waals surface area contributed by atoms with E-state index in [4.69, 9.17) is 16.7 Å². The third-order valence-corrected chi connectivity index (χ3v) is 2.85. The van der Waals surface area contributed by atoms with E-state index in [2.05, 4.69) is 0 Å². The quantitative estimate of drug-likeness (QED) is 0.823. The molecule has 0 spiro atoms. The van der Waals surface area contributed by atoms with Gasteiger partial charge in [-0.15, -0.1) is 11.6 Å². The normalized spacial score (nSPS) is 19.8. The van der Waals surface area contributed by atoms with Crippen LogP contribution in [0.3, 0.4) is 0 Å². The van der Waals surface area contributed by atoms with Gasteiger partial charge in [0.1, 0.15) is 5.82 Å². The second kappa shape index (κ2) is 4.33. The van der Waals surface area contributed by atoms with Crippen LogP contribution in [-0.4, -0.2) is 28.9 Å². The number of aromatic carboxylic acids is 1. The summed E-state index contributed by atoms with van der Waals surface area (Å²) in [7, 11) is 0. The molecule has 1 aliphatic rings. The molecule has 0 radical (unpaired) electrons. The van der Waals surface area contributed by atoms with Gasteiger partial charge in [0.05, 0.1) is 16.6 Å². The van der Waals surface area contributed by atoms with Gasteiger partial charge in [-0.2, -0.15) is 0 Å². The molecule has 1 aromatic rings. The molecular formula is C11H9ClFNO3. The fourth-order valence-electron chi connectivity index (χ4n) is 1.81. The zero-order valence-corrected chi connectivity index (χ0v) is 9.45. The number of rotatable bonds is 2. The number of hydrogen-bond donors (Lipinski definition) is 1. The molecule has 0 aromatic heterocycles. The Bertz CT molecular complexity index is 492. The number of benzene rings is 1. The van der Waals surface area contributed by atoms with E-state index in [0.29, 0.717) is 0 Å². The number of carbonyl (C=O) groups excluding carboxylic acids is 1. The first-order valence-corrected chi connectivity index (χ1v) is 5.40. The topological polar surface area (TPSA) is 57.6 Å². The van der Waals surface area contributed by atoms with Crippen LogP contribution < -0.4 is 4.90 Å². The van der Waals surface area contributed by atoms with Crippen molar-refractivity contribution >= 4 is 29.2 Å². The van der Waals surface area contributed by atoms with Crippen molar-refractivity contribution in [2.75, 3.05) is 11.4 Å². The number of hydrogen-bond acceptors (Lipinski definition) is 2. The van der Waals surface area contributed by atoms with Gasteiger partial charge in [0, 0.05) is 13.0 Å². The Kier molecular flexibility index (Phi) is 3.02. The zero-order chi connectivity index (χ0) is 12.6. The molecule has 1 atom stereocenters. The molecule has 1 amide bonds. The maximum atomic E-state index is 13.1. The molecule has 1 heterocycles. The lowest BCUT2D eigenvalue weighted by atomic mass is 10.1. The van der Waals surface area contributed by atoms with Crippen LogP contribution in [0.25, 0.3) is 0 Å². The summed E-state index contributed by atoms with van der Waals surface area (Å²) in [4.78, 5) is 23.8. The van der Waals surface area contributed by atoms with Crippen LogP contribution in [0.1, 0.15) is 16.8 Å². The third-order valence-electron chi connectivity index (χ3n) is 2.56. The number of carboxylic acid groups (broad SMARTS) is 1. The van der Waals surface area contributed by atoms with Crippen molar-refractivity contribution in [3.05, 3.63) is 29.6 Å². The molecule has 1 saturated heterocycles. The minimum absolute atomic E-state index is 0.0608. The summed E-state index contributed by atoms with van der Waals surface area (Å²) >= 11 is 5.82. The Hall–Kier alpha value is -1.62. The van der Waals surface area contributed by atoms with Gasteiger partial charge < -0.3 is 10.0 Å². The summed E-state index contributed by atoms with van der Waals surface area (Å²) in [6.07, 6.45) is 0.136. The molecule has 17 heavy (non-hydrogen) atoms. The first-order chi connectivity index (χ1) is 7.99. The minimum atomic E-state index is -1.20. The van der Waals surface area contributed by atoms with Gasteiger partial charge in [0.15, 0.2) is 0 Å². The largest absolute Gasteiger partial charge is 0.478 e. The summed E-state index contributed by atoms with van der Waals surface area (Å²) < 4.78 is 13.1. The first-order valence-electron chi connectivity index (χ1n) is 4.96. The molecule has 4 nitrogen and oxygen atoms in total. The maximum Gasteiger partial charge on any atom is 0.337 e. The summed E-state index contributed by atoms with van der Waals surface area (Å²) in [5, 5.41) is 8.61. The average Bonchev–Trinajstić information content (AvgIpc) is 2.57. The van der Waals surface area contributed by atoms with E-state index in [-0.39, 0.29) is 35.5 Å². The number of amides is 1. The van der Waals surface area contributed by atoms with E-state index >= 15 is 0 Å². The van der Waals surface area contributed by atoms with Crippen molar-refractivity contribution in [2.24, 2.45) is 0 Å². The average molecular weight is 258 g/mol. The van der Waals surface area contributed by atoms with E-state index in [9.17, 15) is 14.0 Å². The second-order valence-electron chi connectivity index (χ2n) is 3.77. The molecule has 2 rings (SSSR count). The van der Waals surface area contributed by atoms with Gasteiger partial charge in [0.25, 0.3) is 0 Å². The molecule has 1 aliphatic heterocycles. The molecule has 90 valence electrons. The van der Waals surface area contributed by atoms with Gasteiger partial charge >= 0.3 is 5.97 Å². The number of nitrogens with zero attached hydrogens (tertiary/aromatic N) is 1. The van der Waals surface area contributed by atoms with Crippen LogP contribution >= 0.6 is 11.6 Å². The zero-order valence-electron chi connectivity index (χ0n) is 8.69. The Labute approximate surface area is 102 Å². The Balaban J connectivity index is 2.46. The lowest BCUT2D eigenvalue weighted by Gasteiger charge is -2.18. The van der Waals surface area contributed by atoms with Crippen LogP contribution in [0, 0.1) is 5.82 Å². The number of carbonyl (C=O) groups is 2.